The summed E-state index contributed by atoms with van der Waals surface area (Å²) in [4.78, 5) is 6.68. The van der Waals surface area contributed by atoms with Crippen molar-refractivity contribution in [2.45, 2.75) is 32.1 Å². The van der Waals surface area contributed by atoms with Gasteiger partial charge in [0.2, 0.25) is 0 Å². The lowest BCUT2D eigenvalue weighted by Gasteiger charge is -2.15. The summed E-state index contributed by atoms with van der Waals surface area (Å²) in [5.74, 6) is 0. The van der Waals surface area contributed by atoms with Gasteiger partial charge in [0.1, 0.15) is 0 Å². The van der Waals surface area contributed by atoms with Crippen LogP contribution in [0.1, 0.15) is 26.0 Å². The molecule has 0 N–H and O–H groups in total. The largest absolute Gasteiger partial charge is 0.351 e. The molecule has 0 aromatic carbocycles. The number of nitrogens with zero attached hydrogens (tertiary/aromatic N) is 2. The Hall–Kier alpha value is -0.280. The minimum Gasteiger partial charge on any atom is -0.351 e. The van der Waals surface area contributed by atoms with Crippen molar-refractivity contribution >= 4 is 28.1 Å². The fourth-order valence-electron chi connectivity index (χ4n) is 1.10. The SMILES string of the molecule is CCc1csc(N(C)CCC(C)Cl)n1. The summed E-state index contributed by atoms with van der Waals surface area (Å²) in [5.41, 5.74) is 1.18. The summed E-state index contributed by atoms with van der Waals surface area (Å²) >= 11 is 7.60. The minimum atomic E-state index is 0.239. The molecule has 4 heteroatoms. The number of hydrogen-bond acceptors (Lipinski definition) is 3. The van der Waals surface area contributed by atoms with Crippen LogP contribution in [0.4, 0.5) is 5.13 Å². The summed E-state index contributed by atoms with van der Waals surface area (Å²) in [5, 5.41) is 3.46. The number of thiazole rings is 1. The summed E-state index contributed by atoms with van der Waals surface area (Å²) in [7, 11) is 2.07. The smallest absolute Gasteiger partial charge is 0.185 e. The van der Waals surface area contributed by atoms with E-state index in [4.69, 9.17) is 11.6 Å². The molecule has 0 saturated carbocycles. The molecule has 0 fully saturated rings. The third-order valence-electron chi connectivity index (χ3n) is 2.09. The number of aromatic nitrogens is 1. The molecular formula is C10H17ClN2S. The van der Waals surface area contributed by atoms with Gasteiger partial charge in [-0.25, -0.2) is 4.98 Å². The van der Waals surface area contributed by atoms with Gasteiger partial charge in [0.15, 0.2) is 5.13 Å². The Morgan fingerprint density at radius 3 is 2.86 bits per heavy atom. The summed E-state index contributed by atoms with van der Waals surface area (Å²) in [6.07, 6.45) is 2.01. The van der Waals surface area contributed by atoms with Crippen molar-refractivity contribution in [1.82, 2.24) is 4.98 Å². The molecule has 80 valence electrons. The Balaban J connectivity index is 2.47. The molecule has 0 saturated heterocycles. The van der Waals surface area contributed by atoms with E-state index in [1.165, 1.54) is 5.69 Å². The molecule has 2 nitrogen and oxygen atoms in total. The van der Waals surface area contributed by atoms with Crippen LogP contribution in [0, 0.1) is 0 Å². The lowest BCUT2D eigenvalue weighted by Crippen LogP contribution is -2.20. The molecule has 1 unspecified atom stereocenters. The van der Waals surface area contributed by atoms with Crippen LogP contribution in [-0.4, -0.2) is 24.0 Å². The molecule has 1 aromatic heterocycles. The molecule has 0 aliphatic carbocycles. The Labute approximate surface area is 94.9 Å². The van der Waals surface area contributed by atoms with Gasteiger partial charge in [-0.1, -0.05) is 6.92 Å². The van der Waals surface area contributed by atoms with E-state index in [2.05, 4.69) is 29.2 Å². The summed E-state index contributed by atoms with van der Waals surface area (Å²) in [6, 6.07) is 0. The van der Waals surface area contributed by atoms with Crippen molar-refractivity contribution in [2.24, 2.45) is 0 Å². The van der Waals surface area contributed by atoms with Gasteiger partial charge in [-0.2, -0.15) is 0 Å². The zero-order chi connectivity index (χ0) is 10.6. The Kier molecular flexibility index (Phi) is 4.69. The van der Waals surface area contributed by atoms with E-state index >= 15 is 0 Å². The predicted molar refractivity (Wildman–Crippen MR) is 64.7 cm³/mol. The van der Waals surface area contributed by atoms with Crippen LogP contribution in [0.3, 0.4) is 0 Å². The summed E-state index contributed by atoms with van der Waals surface area (Å²) in [6.45, 7) is 5.12. The molecule has 1 rings (SSSR count). The highest BCUT2D eigenvalue weighted by molar-refractivity contribution is 7.13. The summed E-state index contributed by atoms with van der Waals surface area (Å²) < 4.78 is 0. The van der Waals surface area contributed by atoms with Crippen LogP contribution < -0.4 is 4.90 Å². The van der Waals surface area contributed by atoms with Crippen molar-refractivity contribution in [2.75, 3.05) is 18.5 Å². The van der Waals surface area contributed by atoms with Gasteiger partial charge in [-0.05, 0) is 19.8 Å². The van der Waals surface area contributed by atoms with E-state index in [-0.39, 0.29) is 5.38 Å². The lowest BCUT2D eigenvalue weighted by atomic mass is 10.3. The molecule has 0 aliphatic heterocycles. The average molecular weight is 233 g/mol. The highest BCUT2D eigenvalue weighted by atomic mass is 35.5. The second kappa shape index (κ2) is 5.56. The molecule has 0 radical (unpaired) electrons. The number of aryl methyl sites for hydroxylation is 1. The number of anilines is 1. The van der Waals surface area contributed by atoms with E-state index in [0.29, 0.717) is 0 Å². The van der Waals surface area contributed by atoms with Crippen LogP contribution in [0.15, 0.2) is 5.38 Å². The van der Waals surface area contributed by atoms with Gasteiger partial charge in [-0.3, -0.25) is 0 Å². The molecule has 14 heavy (non-hydrogen) atoms. The number of rotatable bonds is 5. The fraction of sp³-hybridized carbons (Fsp3) is 0.700. The van der Waals surface area contributed by atoms with Crippen molar-refractivity contribution in [3.05, 3.63) is 11.1 Å². The number of alkyl halides is 1. The Morgan fingerprint density at radius 1 is 1.64 bits per heavy atom. The van der Waals surface area contributed by atoms with Gasteiger partial charge < -0.3 is 4.90 Å². The monoisotopic (exact) mass is 232 g/mol. The molecule has 1 heterocycles. The highest BCUT2D eigenvalue weighted by Gasteiger charge is 2.06. The van der Waals surface area contributed by atoms with Crippen molar-refractivity contribution in [3.8, 4) is 0 Å². The van der Waals surface area contributed by atoms with Crippen molar-refractivity contribution in [1.29, 1.82) is 0 Å². The minimum absolute atomic E-state index is 0.239. The quantitative estimate of drug-likeness (QED) is 0.725. The molecular weight excluding hydrogens is 216 g/mol. The van der Waals surface area contributed by atoms with Gasteiger partial charge in [-0.15, -0.1) is 22.9 Å². The van der Waals surface area contributed by atoms with E-state index in [9.17, 15) is 0 Å². The zero-order valence-electron chi connectivity index (χ0n) is 8.96. The Morgan fingerprint density at radius 2 is 2.36 bits per heavy atom. The molecule has 0 bridgehead atoms. The fourth-order valence-corrected chi connectivity index (χ4v) is 2.10. The molecule has 0 spiro atoms. The first kappa shape index (κ1) is 11.8. The van der Waals surface area contributed by atoms with Crippen LogP contribution >= 0.6 is 22.9 Å². The third-order valence-corrected chi connectivity index (χ3v) is 3.31. The normalized spacial score (nSPS) is 12.9. The molecule has 1 aromatic rings. The Bertz CT molecular complexity index is 273. The van der Waals surface area contributed by atoms with E-state index < -0.39 is 0 Å². The maximum absolute atomic E-state index is 5.90. The average Bonchev–Trinajstić information content (AvgIpc) is 2.62. The van der Waals surface area contributed by atoms with Crippen LogP contribution in [0.2, 0.25) is 0 Å². The number of hydrogen-bond donors (Lipinski definition) is 0. The van der Waals surface area contributed by atoms with Gasteiger partial charge in [0.25, 0.3) is 0 Å². The van der Waals surface area contributed by atoms with Crippen molar-refractivity contribution in [3.63, 3.8) is 0 Å². The first-order valence-electron chi connectivity index (χ1n) is 4.93. The first-order chi connectivity index (χ1) is 6.63. The third kappa shape index (κ3) is 3.46. The van der Waals surface area contributed by atoms with E-state index in [0.717, 1.165) is 24.5 Å². The second-order valence-electron chi connectivity index (χ2n) is 3.47. The van der Waals surface area contributed by atoms with Crippen LogP contribution in [-0.2, 0) is 6.42 Å². The van der Waals surface area contributed by atoms with Gasteiger partial charge >= 0.3 is 0 Å². The molecule has 1 atom stereocenters. The molecule has 0 amide bonds. The molecule has 0 aliphatic rings. The topological polar surface area (TPSA) is 16.1 Å². The predicted octanol–water partition coefficient (Wildman–Crippen LogP) is 3.16. The zero-order valence-corrected chi connectivity index (χ0v) is 10.5. The first-order valence-corrected chi connectivity index (χ1v) is 6.24. The second-order valence-corrected chi connectivity index (χ2v) is 5.05. The van der Waals surface area contributed by atoms with E-state index in [1.54, 1.807) is 11.3 Å². The van der Waals surface area contributed by atoms with Crippen molar-refractivity contribution < 1.29 is 0 Å². The highest BCUT2D eigenvalue weighted by Crippen LogP contribution is 2.20. The lowest BCUT2D eigenvalue weighted by molar-refractivity contribution is 0.769. The maximum atomic E-state index is 5.90. The van der Waals surface area contributed by atoms with Crippen LogP contribution in [0.25, 0.3) is 0 Å². The van der Waals surface area contributed by atoms with Gasteiger partial charge in [0, 0.05) is 24.3 Å². The van der Waals surface area contributed by atoms with Gasteiger partial charge in [0.05, 0.1) is 5.69 Å². The van der Waals surface area contributed by atoms with E-state index in [1.807, 2.05) is 6.92 Å². The maximum Gasteiger partial charge on any atom is 0.185 e. The number of halogens is 1. The van der Waals surface area contributed by atoms with Crippen LogP contribution in [0.5, 0.6) is 0 Å². The standard InChI is InChI=1S/C10H17ClN2S/c1-4-9-7-14-10(12-9)13(3)6-5-8(2)11/h7-8H,4-6H2,1-3H3.